The molecule has 0 N–H and O–H groups in total. The average Bonchev–Trinajstić information content (AvgIpc) is 2.31. The molecule has 5 heteroatoms. The van der Waals surface area contributed by atoms with E-state index in [1.165, 1.54) is 24.3 Å². The highest BCUT2D eigenvalue weighted by molar-refractivity contribution is 7.85. The molecule has 2 rings (SSSR count). The predicted molar refractivity (Wildman–Crippen MR) is 62.0 cm³/mol. The van der Waals surface area contributed by atoms with Crippen molar-refractivity contribution in [1.29, 1.82) is 0 Å². The molecule has 0 amide bonds. The molecule has 0 spiro atoms. The van der Waals surface area contributed by atoms with E-state index in [1.54, 1.807) is 6.07 Å². The van der Waals surface area contributed by atoms with Gasteiger partial charge in [-0.3, -0.25) is 0 Å². The van der Waals surface area contributed by atoms with E-state index in [0.29, 0.717) is 0 Å². The van der Waals surface area contributed by atoms with Gasteiger partial charge in [0.05, 0.1) is 4.90 Å². The van der Waals surface area contributed by atoms with Gasteiger partial charge in [0.1, 0.15) is 17.2 Å². The molecule has 1 aromatic carbocycles. The Morgan fingerprint density at radius 1 is 0.941 bits per heavy atom. The van der Waals surface area contributed by atoms with Crippen molar-refractivity contribution in [2.45, 2.75) is 4.90 Å². The first-order valence-electron chi connectivity index (χ1n) is 4.91. The third-order valence-electron chi connectivity index (χ3n) is 1.90. The molecule has 1 heterocycles. The molecule has 1 aromatic heterocycles. The predicted octanol–water partition coefficient (Wildman–Crippen LogP) is 1.10. The minimum atomic E-state index is -4.25. The zero-order valence-corrected chi connectivity index (χ0v) is 10.2. The summed E-state index contributed by atoms with van der Waals surface area (Å²) in [6, 6.07) is 13.2. The number of pyridine rings is 1. The molecule has 0 radical (unpaired) electrons. The standard InChI is InChI=1S/C6H8N.C6H6O3S/c1-7-5-3-2-4-6-7;7-10(8,9)6-4-2-1-3-5-6/h2-6H,1H3;1-5H,(H,7,8,9)/q+1;/p-1. The van der Waals surface area contributed by atoms with E-state index in [1.807, 2.05) is 42.2 Å². The zero-order valence-electron chi connectivity index (χ0n) is 9.35. The van der Waals surface area contributed by atoms with Crippen LogP contribution in [0, 0.1) is 0 Å². The highest BCUT2D eigenvalue weighted by atomic mass is 32.2. The molecular formula is C12H13NO3S. The van der Waals surface area contributed by atoms with Crippen LogP contribution in [0.25, 0.3) is 0 Å². The number of benzene rings is 1. The molecule has 0 aliphatic heterocycles. The van der Waals surface area contributed by atoms with Crippen molar-refractivity contribution in [1.82, 2.24) is 0 Å². The average molecular weight is 251 g/mol. The monoisotopic (exact) mass is 251 g/mol. The van der Waals surface area contributed by atoms with Gasteiger partial charge in [0.15, 0.2) is 12.4 Å². The highest BCUT2D eigenvalue weighted by Crippen LogP contribution is 2.04. The number of aromatic nitrogens is 1. The molecule has 90 valence electrons. The first-order valence-corrected chi connectivity index (χ1v) is 6.32. The third kappa shape index (κ3) is 5.24. The molecule has 0 unspecified atom stereocenters. The Bertz CT molecular complexity index is 538. The summed E-state index contributed by atoms with van der Waals surface area (Å²) >= 11 is 0. The number of hydrogen-bond acceptors (Lipinski definition) is 3. The van der Waals surface area contributed by atoms with E-state index in [2.05, 4.69) is 0 Å². The minimum absolute atomic E-state index is 0.185. The van der Waals surface area contributed by atoms with Gasteiger partial charge in [-0.1, -0.05) is 24.3 Å². The van der Waals surface area contributed by atoms with Crippen LogP contribution in [0.3, 0.4) is 0 Å². The van der Waals surface area contributed by atoms with Crippen molar-refractivity contribution in [3.8, 4) is 0 Å². The van der Waals surface area contributed by atoms with Crippen molar-refractivity contribution in [3.63, 3.8) is 0 Å². The van der Waals surface area contributed by atoms with Gasteiger partial charge in [-0.25, -0.2) is 13.0 Å². The summed E-state index contributed by atoms with van der Waals surface area (Å²) in [6.07, 6.45) is 4.00. The summed E-state index contributed by atoms with van der Waals surface area (Å²) in [6.45, 7) is 0. The Balaban J connectivity index is 0.000000181. The van der Waals surface area contributed by atoms with Gasteiger partial charge >= 0.3 is 0 Å². The van der Waals surface area contributed by atoms with E-state index >= 15 is 0 Å². The molecule has 0 bridgehead atoms. The smallest absolute Gasteiger partial charge is 0.168 e. The van der Waals surface area contributed by atoms with E-state index in [-0.39, 0.29) is 4.90 Å². The van der Waals surface area contributed by atoms with Crippen molar-refractivity contribution in [2.75, 3.05) is 0 Å². The third-order valence-corrected chi connectivity index (χ3v) is 2.75. The quantitative estimate of drug-likeness (QED) is 0.563. The molecule has 2 aromatic rings. The Morgan fingerprint density at radius 3 is 1.71 bits per heavy atom. The van der Waals surface area contributed by atoms with E-state index in [4.69, 9.17) is 0 Å². The Labute approximate surface area is 101 Å². The van der Waals surface area contributed by atoms with Crippen LogP contribution in [0.4, 0.5) is 0 Å². The number of hydrogen-bond donors (Lipinski definition) is 0. The van der Waals surface area contributed by atoms with Gasteiger partial charge in [0.25, 0.3) is 0 Å². The van der Waals surface area contributed by atoms with Gasteiger partial charge in [-0.2, -0.15) is 0 Å². The van der Waals surface area contributed by atoms with Gasteiger partial charge in [0, 0.05) is 12.1 Å². The Hall–Kier alpha value is -1.72. The largest absolute Gasteiger partial charge is 0.744 e. The van der Waals surface area contributed by atoms with Gasteiger partial charge < -0.3 is 4.55 Å². The van der Waals surface area contributed by atoms with Crippen LogP contribution in [-0.4, -0.2) is 13.0 Å². The topological polar surface area (TPSA) is 61.1 Å². The van der Waals surface area contributed by atoms with Crippen LogP contribution in [0.2, 0.25) is 0 Å². The molecule has 0 atom stereocenters. The lowest BCUT2D eigenvalue weighted by Crippen LogP contribution is -2.25. The van der Waals surface area contributed by atoms with Crippen LogP contribution in [0.5, 0.6) is 0 Å². The fourth-order valence-electron chi connectivity index (χ4n) is 1.07. The van der Waals surface area contributed by atoms with E-state index < -0.39 is 10.1 Å². The van der Waals surface area contributed by atoms with E-state index in [0.717, 1.165) is 0 Å². The van der Waals surface area contributed by atoms with Gasteiger partial charge in [-0.15, -0.1) is 0 Å². The molecule has 0 aliphatic rings. The molecule has 0 saturated heterocycles. The second-order valence-electron chi connectivity index (χ2n) is 3.31. The SMILES string of the molecule is C[n+]1ccccc1.O=S(=O)([O-])c1ccccc1. The number of aryl methyl sites for hydroxylation is 1. The van der Waals surface area contributed by atoms with Crippen molar-refractivity contribution in [3.05, 3.63) is 60.9 Å². The summed E-state index contributed by atoms with van der Waals surface area (Å²) < 4.78 is 32.8. The molecule has 0 aliphatic carbocycles. The van der Waals surface area contributed by atoms with Gasteiger partial charge in [0.2, 0.25) is 0 Å². The summed E-state index contributed by atoms with van der Waals surface area (Å²) in [5.41, 5.74) is 0. The van der Waals surface area contributed by atoms with Crippen LogP contribution < -0.4 is 4.57 Å². The number of rotatable bonds is 1. The minimum Gasteiger partial charge on any atom is -0.744 e. The molecule has 17 heavy (non-hydrogen) atoms. The molecule has 0 saturated carbocycles. The lowest BCUT2D eigenvalue weighted by atomic mass is 10.4. The van der Waals surface area contributed by atoms with Crippen molar-refractivity contribution in [2.24, 2.45) is 7.05 Å². The van der Waals surface area contributed by atoms with Crippen LogP contribution in [0.15, 0.2) is 65.8 Å². The lowest BCUT2D eigenvalue weighted by Gasteiger charge is -2.04. The Morgan fingerprint density at radius 2 is 1.41 bits per heavy atom. The second-order valence-corrected chi connectivity index (χ2v) is 4.69. The van der Waals surface area contributed by atoms with Crippen molar-refractivity contribution >= 4 is 10.1 Å². The molecule has 4 nitrogen and oxygen atoms in total. The maximum Gasteiger partial charge on any atom is 0.168 e. The lowest BCUT2D eigenvalue weighted by molar-refractivity contribution is -0.671. The first-order chi connectivity index (χ1) is 8.00. The Kier molecular flexibility index (Phi) is 4.81. The highest BCUT2D eigenvalue weighted by Gasteiger charge is 1.95. The second kappa shape index (κ2) is 6.12. The fourth-order valence-corrected chi connectivity index (χ4v) is 1.56. The van der Waals surface area contributed by atoms with Crippen LogP contribution >= 0.6 is 0 Å². The van der Waals surface area contributed by atoms with Crippen molar-refractivity contribution < 1.29 is 17.5 Å². The summed E-state index contributed by atoms with van der Waals surface area (Å²) in [5.74, 6) is 0. The summed E-state index contributed by atoms with van der Waals surface area (Å²) in [4.78, 5) is -0.185. The van der Waals surface area contributed by atoms with E-state index in [9.17, 15) is 13.0 Å². The maximum atomic E-state index is 10.3. The normalized spacial score (nSPS) is 10.2. The maximum absolute atomic E-state index is 10.3. The molecular weight excluding hydrogens is 238 g/mol. The van der Waals surface area contributed by atoms with Crippen LogP contribution in [0.1, 0.15) is 0 Å². The zero-order chi connectivity index (χ0) is 12.7. The number of nitrogens with zero attached hydrogens (tertiary/aromatic N) is 1. The summed E-state index contributed by atoms with van der Waals surface area (Å²) in [7, 11) is -2.25. The van der Waals surface area contributed by atoms with Gasteiger partial charge in [-0.05, 0) is 12.1 Å². The van der Waals surface area contributed by atoms with Crippen LogP contribution in [-0.2, 0) is 17.2 Å². The fraction of sp³-hybridized carbons (Fsp3) is 0.0833. The summed E-state index contributed by atoms with van der Waals surface area (Å²) in [5, 5.41) is 0. The first kappa shape index (κ1) is 13.3. The molecule has 0 fully saturated rings.